The first-order valence-electron chi connectivity index (χ1n) is 15.2. The third-order valence-corrected chi connectivity index (χ3v) is 7.15. The van der Waals surface area contributed by atoms with Crippen molar-refractivity contribution >= 4 is 0 Å². The number of nitroso groups, excluding NO2 is 1. The molecule has 0 aromatic carbocycles. The number of rotatable bonds is 20. The first kappa shape index (κ1) is 33.5. The Hall–Kier alpha value is -0.480. The van der Waals surface area contributed by atoms with Crippen molar-refractivity contribution in [3.05, 3.63) is 4.91 Å². The molecule has 0 spiro atoms. The quantitative estimate of drug-likeness (QED) is 0.103. The van der Waals surface area contributed by atoms with Crippen LogP contribution in [0.15, 0.2) is 5.18 Å². The highest BCUT2D eigenvalue weighted by Crippen LogP contribution is 2.19. The van der Waals surface area contributed by atoms with Gasteiger partial charge in [0.25, 0.3) is 0 Å². The monoisotopic (exact) mass is 482 g/mol. The Morgan fingerprint density at radius 2 is 1.26 bits per heavy atom. The van der Waals surface area contributed by atoms with E-state index < -0.39 is 5.60 Å². The highest BCUT2D eigenvalue weighted by atomic mass is 16.3. The third-order valence-electron chi connectivity index (χ3n) is 7.15. The summed E-state index contributed by atoms with van der Waals surface area (Å²) in [6, 6.07) is 1.34. The molecule has 1 aliphatic rings. The Balaban J connectivity index is 0.000000641. The molecule has 2 N–H and O–H groups in total. The summed E-state index contributed by atoms with van der Waals surface area (Å²) in [4.78, 5) is 9.86. The van der Waals surface area contributed by atoms with Crippen LogP contribution in [-0.2, 0) is 0 Å². The van der Waals surface area contributed by atoms with Gasteiger partial charge in [-0.15, -0.1) is 0 Å². The first-order chi connectivity index (χ1) is 16.4. The molecule has 204 valence electrons. The van der Waals surface area contributed by atoms with Gasteiger partial charge in [-0.1, -0.05) is 115 Å². The molecular weight excluding hydrogens is 420 g/mol. The fourth-order valence-corrected chi connectivity index (χ4v) is 4.97. The van der Waals surface area contributed by atoms with Gasteiger partial charge in [0, 0.05) is 12.1 Å². The van der Waals surface area contributed by atoms with Crippen molar-refractivity contribution in [3.8, 4) is 0 Å². The second-order valence-corrected chi connectivity index (χ2v) is 11.6. The van der Waals surface area contributed by atoms with Crippen molar-refractivity contribution in [1.29, 1.82) is 0 Å². The number of hydrogen-bond donors (Lipinski definition) is 2. The highest BCUT2D eigenvalue weighted by molar-refractivity contribution is 4.75. The van der Waals surface area contributed by atoms with E-state index in [1.165, 1.54) is 122 Å². The van der Waals surface area contributed by atoms with Crippen LogP contribution in [-0.4, -0.2) is 29.3 Å². The maximum absolute atomic E-state index is 9.86. The molecule has 1 aliphatic carbocycles. The number of nitrogens with one attached hydrogen (secondary N) is 1. The molecule has 34 heavy (non-hydrogen) atoms. The van der Waals surface area contributed by atoms with Crippen molar-refractivity contribution in [1.82, 2.24) is 5.32 Å². The van der Waals surface area contributed by atoms with Gasteiger partial charge in [-0.3, -0.25) is 0 Å². The molecule has 0 saturated heterocycles. The molecule has 4 heteroatoms. The maximum Gasteiger partial charge on any atom is 0.0811 e. The van der Waals surface area contributed by atoms with Crippen LogP contribution in [0.3, 0.4) is 0 Å². The van der Waals surface area contributed by atoms with Crippen LogP contribution >= 0.6 is 0 Å². The fraction of sp³-hybridized carbons (Fsp3) is 1.00. The minimum atomic E-state index is -0.498. The van der Waals surface area contributed by atoms with Crippen LogP contribution in [0.4, 0.5) is 0 Å². The minimum absolute atomic E-state index is 0.498. The zero-order valence-electron chi connectivity index (χ0n) is 23.7. The second kappa shape index (κ2) is 24.2. The van der Waals surface area contributed by atoms with E-state index in [0.29, 0.717) is 12.6 Å². The molecule has 1 fully saturated rings. The lowest BCUT2D eigenvalue weighted by Crippen LogP contribution is -2.36. The average molecular weight is 483 g/mol. The molecule has 0 aromatic heterocycles. The molecule has 0 aliphatic heterocycles. The van der Waals surface area contributed by atoms with Gasteiger partial charge in [0.1, 0.15) is 0 Å². The van der Waals surface area contributed by atoms with Gasteiger partial charge in [-0.05, 0) is 59.3 Å². The molecule has 0 radical (unpaired) electrons. The van der Waals surface area contributed by atoms with Crippen molar-refractivity contribution in [2.24, 2.45) is 5.18 Å². The number of hydrogen-bond acceptors (Lipinski definition) is 4. The van der Waals surface area contributed by atoms with Crippen LogP contribution in [0.25, 0.3) is 0 Å². The lowest BCUT2D eigenvalue weighted by molar-refractivity contribution is 0.0674. The molecule has 0 bridgehead atoms. The summed E-state index contributed by atoms with van der Waals surface area (Å²) in [6.45, 7) is 8.87. The van der Waals surface area contributed by atoms with Crippen molar-refractivity contribution < 1.29 is 5.11 Å². The third kappa shape index (κ3) is 26.1. The van der Waals surface area contributed by atoms with Gasteiger partial charge in [-0.2, -0.15) is 4.91 Å². The minimum Gasteiger partial charge on any atom is -0.390 e. The lowest BCUT2D eigenvalue weighted by atomic mass is 9.99. The Morgan fingerprint density at radius 1 is 0.794 bits per heavy atom. The van der Waals surface area contributed by atoms with Crippen LogP contribution in [0, 0.1) is 4.91 Å². The Kier molecular flexibility index (Phi) is 23.9. The highest BCUT2D eigenvalue weighted by Gasteiger charge is 2.16. The van der Waals surface area contributed by atoms with Crippen LogP contribution in [0.2, 0.25) is 0 Å². The van der Waals surface area contributed by atoms with E-state index in [0.717, 1.165) is 25.3 Å². The first-order valence-corrected chi connectivity index (χ1v) is 15.2. The fourth-order valence-electron chi connectivity index (χ4n) is 4.97. The van der Waals surface area contributed by atoms with Crippen molar-refractivity contribution in [2.45, 2.75) is 187 Å². The molecule has 1 atom stereocenters. The molecule has 1 saturated carbocycles. The Labute approximate surface area is 213 Å². The predicted octanol–water partition coefficient (Wildman–Crippen LogP) is 9.47. The number of nitrogens with zero attached hydrogens (tertiary/aromatic N) is 1. The number of aliphatic hydroxyl groups is 1. The molecule has 0 amide bonds. The average Bonchev–Trinajstić information content (AvgIpc) is 3.05. The summed E-state index contributed by atoms with van der Waals surface area (Å²) in [5.41, 5.74) is -0.498. The standard InChI is InChI=1S/2C15H31NO/c1-13(9-8-12-15(2,3)17)16-14-10-6-4-5-7-11-14;1-2-3-4-5-6-7-8-9-10-11-12-13-14-15-16-17/h13-14,16-17H,4-12H2,1-3H3;2-15H2,1H3. The zero-order chi connectivity index (χ0) is 25.3. The maximum atomic E-state index is 9.86. The van der Waals surface area contributed by atoms with Crippen LogP contribution in [0.1, 0.15) is 169 Å². The van der Waals surface area contributed by atoms with E-state index in [9.17, 15) is 10.0 Å². The Morgan fingerprint density at radius 3 is 1.71 bits per heavy atom. The molecule has 1 rings (SSSR count). The summed E-state index contributed by atoms with van der Waals surface area (Å²) in [5, 5.41) is 16.3. The number of unbranched alkanes of at least 4 members (excludes halogenated alkanes) is 12. The predicted molar refractivity (Wildman–Crippen MR) is 151 cm³/mol. The van der Waals surface area contributed by atoms with Gasteiger partial charge in [0.05, 0.1) is 12.1 Å². The van der Waals surface area contributed by atoms with Crippen LogP contribution in [0.5, 0.6) is 0 Å². The Bertz CT molecular complexity index is 415. The van der Waals surface area contributed by atoms with E-state index in [4.69, 9.17) is 0 Å². The molecule has 1 unspecified atom stereocenters. The van der Waals surface area contributed by atoms with E-state index >= 15 is 0 Å². The molecule has 0 heterocycles. The van der Waals surface area contributed by atoms with Gasteiger partial charge >= 0.3 is 0 Å². The van der Waals surface area contributed by atoms with Gasteiger partial charge in [-0.25, -0.2) is 0 Å². The van der Waals surface area contributed by atoms with Crippen molar-refractivity contribution in [2.75, 3.05) is 6.54 Å². The zero-order valence-corrected chi connectivity index (χ0v) is 23.7. The van der Waals surface area contributed by atoms with Crippen molar-refractivity contribution in [3.63, 3.8) is 0 Å². The smallest absolute Gasteiger partial charge is 0.0811 e. The van der Waals surface area contributed by atoms with E-state index in [-0.39, 0.29) is 0 Å². The van der Waals surface area contributed by atoms with Crippen LogP contribution < -0.4 is 5.32 Å². The summed E-state index contributed by atoms with van der Waals surface area (Å²) in [6.07, 6.45) is 29.0. The summed E-state index contributed by atoms with van der Waals surface area (Å²) in [7, 11) is 0. The van der Waals surface area contributed by atoms with E-state index in [1.54, 1.807) is 0 Å². The molecular formula is C30H62N2O2. The normalized spacial score (nSPS) is 15.9. The lowest BCUT2D eigenvalue weighted by Gasteiger charge is -2.23. The molecule has 4 nitrogen and oxygen atoms in total. The second-order valence-electron chi connectivity index (χ2n) is 11.6. The summed E-state index contributed by atoms with van der Waals surface area (Å²) < 4.78 is 0. The summed E-state index contributed by atoms with van der Waals surface area (Å²) >= 11 is 0. The van der Waals surface area contributed by atoms with E-state index in [2.05, 4.69) is 24.3 Å². The van der Waals surface area contributed by atoms with E-state index in [1.807, 2.05) is 13.8 Å². The molecule has 0 aromatic rings. The SMILES string of the molecule is CC(CCCC(C)(C)O)NC1CCCCCC1.CCCCCCCCCCCCCCCN=O. The van der Waals surface area contributed by atoms with Gasteiger partial charge < -0.3 is 10.4 Å². The summed E-state index contributed by atoms with van der Waals surface area (Å²) in [5.74, 6) is 0. The topological polar surface area (TPSA) is 61.7 Å². The largest absolute Gasteiger partial charge is 0.390 e. The van der Waals surface area contributed by atoms with Gasteiger partial charge in [0.15, 0.2) is 0 Å². The van der Waals surface area contributed by atoms with Gasteiger partial charge in [0.2, 0.25) is 0 Å².